The van der Waals surface area contributed by atoms with Crippen LogP contribution in [0, 0.1) is 5.92 Å². The van der Waals surface area contributed by atoms with Crippen LogP contribution in [-0.2, 0) is 23.5 Å². The summed E-state index contributed by atoms with van der Waals surface area (Å²) in [6, 6.07) is 20.8. The Labute approximate surface area is 209 Å². The molecule has 6 heteroatoms. The molecule has 5 nitrogen and oxygen atoms in total. The van der Waals surface area contributed by atoms with Crippen molar-refractivity contribution in [1.82, 2.24) is 0 Å². The van der Waals surface area contributed by atoms with Crippen LogP contribution in [0.15, 0.2) is 79.0 Å². The Hall–Kier alpha value is -2.92. The van der Waals surface area contributed by atoms with Crippen molar-refractivity contribution >= 4 is 30.6 Å². The average Bonchev–Trinajstić information content (AvgIpc) is 2.79. The molecule has 1 heterocycles. The molecule has 35 heavy (non-hydrogen) atoms. The molecule has 1 atom stereocenters. The standard InChI is InChI=1S/C29H36O5Si/c1-7-8-15-22(20-21-25-26(30)32-29(5,6)33-27(25)31)34-35(28(2,3)4,23-16-11-9-12-17-23)24-18-13-10-14-19-24/h8-14,16-19,22,25H,1,15,20-21H2,2-6H3. The third-order valence-electron chi connectivity index (χ3n) is 6.32. The summed E-state index contributed by atoms with van der Waals surface area (Å²) >= 11 is 0. The topological polar surface area (TPSA) is 61.8 Å². The van der Waals surface area contributed by atoms with Gasteiger partial charge in [-0.05, 0) is 40.8 Å². The van der Waals surface area contributed by atoms with E-state index in [-0.39, 0.29) is 17.6 Å². The van der Waals surface area contributed by atoms with Gasteiger partial charge in [0.15, 0.2) is 5.92 Å². The monoisotopic (exact) mass is 492 g/mol. The van der Waals surface area contributed by atoms with E-state index in [0.717, 1.165) is 0 Å². The number of hydrogen-bond acceptors (Lipinski definition) is 5. The van der Waals surface area contributed by atoms with Gasteiger partial charge in [0, 0.05) is 20.0 Å². The number of cyclic esters (lactones) is 2. The van der Waals surface area contributed by atoms with Crippen molar-refractivity contribution in [2.45, 2.75) is 70.8 Å². The lowest BCUT2D eigenvalue weighted by Crippen LogP contribution is -2.67. The second-order valence-corrected chi connectivity index (χ2v) is 14.7. The van der Waals surface area contributed by atoms with Gasteiger partial charge in [-0.15, -0.1) is 5.73 Å². The zero-order valence-electron chi connectivity index (χ0n) is 21.4. The van der Waals surface area contributed by atoms with Gasteiger partial charge in [0.1, 0.15) is 0 Å². The maximum atomic E-state index is 12.5. The molecule has 0 N–H and O–H groups in total. The highest BCUT2D eigenvalue weighted by Crippen LogP contribution is 2.38. The molecule has 1 aliphatic rings. The lowest BCUT2D eigenvalue weighted by atomic mass is 9.98. The number of rotatable bonds is 9. The molecule has 0 spiro atoms. The molecule has 3 rings (SSSR count). The van der Waals surface area contributed by atoms with Crippen molar-refractivity contribution in [3.8, 4) is 0 Å². The average molecular weight is 493 g/mol. The summed E-state index contributed by atoms with van der Waals surface area (Å²) in [5, 5.41) is 2.15. The summed E-state index contributed by atoms with van der Waals surface area (Å²) in [5.41, 5.74) is 2.85. The van der Waals surface area contributed by atoms with Gasteiger partial charge in [-0.3, -0.25) is 9.59 Å². The predicted octanol–water partition coefficient (Wildman–Crippen LogP) is 4.90. The maximum Gasteiger partial charge on any atom is 0.323 e. The van der Waals surface area contributed by atoms with E-state index in [1.54, 1.807) is 13.8 Å². The van der Waals surface area contributed by atoms with Gasteiger partial charge < -0.3 is 13.9 Å². The van der Waals surface area contributed by atoms with Crippen LogP contribution in [0.2, 0.25) is 5.04 Å². The lowest BCUT2D eigenvalue weighted by molar-refractivity contribution is -0.240. The zero-order chi connectivity index (χ0) is 25.7. The highest BCUT2D eigenvalue weighted by Gasteiger charge is 2.51. The summed E-state index contributed by atoms with van der Waals surface area (Å²) in [6.07, 6.45) is 2.92. The highest BCUT2D eigenvalue weighted by molar-refractivity contribution is 6.99. The number of esters is 2. The smallest absolute Gasteiger partial charge is 0.323 e. The van der Waals surface area contributed by atoms with Crippen molar-refractivity contribution in [2.24, 2.45) is 5.92 Å². The van der Waals surface area contributed by atoms with E-state index >= 15 is 0 Å². The summed E-state index contributed by atoms with van der Waals surface area (Å²) in [6.45, 7) is 13.5. The van der Waals surface area contributed by atoms with Crippen LogP contribution < -0.4 is 10.4 Å². The highest BCUT2D eigenvalue weighted by atomic mass is 28.4. The molecule has 1 aliphatic heterocycles. The van der Waals surface area contributed by atoms with Crippen molar-refractivity contribution < 1.29 is 23.5 Å². The Morgan fingerprint density at radius 2 is 1.49 bits per heavy atom. The number of benzene rings is 2. The van der Waals surface area contributed by atoms with Crippen molar-refractivity contribution in [3.05, 3.63) is 79.0 Å². The van der Waals surface area contributed by atoms with Crippen LogP contribution in [0.4, 0.5) is 0 Å². The Bertz CT molecular complexity index is 1010. The van der Waals surface area contributed by atoms with Crippen LogP contribution in [0.25, 0.3) is 0 Å². The molecule has 0 radical (unpaired) electrons. The Balaban J connectivity index is 1.98. The first-order valence-electron chi connectivity index (χ1n) is 12.1. The van der Waals surface area contributed by atoms with Gasteiger partial charge in [0.25, 0.3) is 14.1 Å². The van der Waals surface area contributed by atoms with Crippen molar-refractivity contribution in [2.75, 3.05) is 0 Å². The van der Waals surface area contributed by atoms with Crippen LogP contribution >= 0.6 is 0 Å². The van der Waals surface area contributed by atoms with E-state index in [2.05, 4.69) is 57.3 Å². The van der Waals surface area contributed by atoms with E-state index in [9.17, 15) is 9.59 Å². The Morgan fingerprint density at radius 3 is 1.91 bits per heavy atom. The quantitative estimate of drug-likeness (QED) is 0.216. The minimum absolute atomic E-state index is 0.196. The molecular formula is C29H36O5Si. The first kappa shape index (κ1) is 26.7. The van der Waals surface area contributed by atoms with Gasteiger partial charge in [-0.25, -0.2) is 0 Å². The zero-order valence-corrected chi connectivity index (χ0v) is 22.4. The van der Waals surface area contributed by atoms with E-state index in [0.29, 0.717) is 12.8 Å². The fourth-order valence-electron chi connectivity index (χ4n) is 4.71. The van der Waals surface area contributed by atoms with E-state index in [1.807, 2.05) is 42.5 Å². The van der Waals surface area contributed by atoms with Gasteiger partial charge in [0.05, 0.1) is 0 Å². The summed E-state index contributed by atoms with van der Waals surface area (Å²) in [7, 11) is -2.81. The second-order valence-electron chi connectivity index (χ2n) is 10.4. The molecule has 0 saturated carbocycles. The molecule has 0 aromatic heterocycles. The molecule has 0 bridgehead atoms. The summed E-state index contributed by atoms with van der Waals surface area (Å²) in [5.74, 6) is -3.29. The summed E-state index contributed by atoms with van der Waals surface area (Å²) in [4.78, 5) is 25.1. The molecule has 186 valence electrons. The van der Waals surface area contributed by atoms with E-state index < -0.39 is 32.0 Å². The van der Waals surface area contributed by atoms with Gasteiger partial charge in [0.2, 0.25) is 0 Å². The molecule has 2 aromatic rings. The Morgan fingerprint density at radius 1 is 1.00 bits per heavy atom. The minimum Gasteiger partial charge on any atom is -0.422 e. The number of ether oxygens (including phenoxy) is 2. The molecule has 1 unspecified atom stereocenters. The third kappa shape index (κ3) is 6.02. The Kier molecular flexibility index (Phi) is 8.21. The fraction of sp³-hybridized carbons (Fsp3) is 0.414. The maximum absolute atomic E-state index is 12.5. The second kappa shape index (κ2) is 10.8. The van der Waals surface area contributed by atoms with Crippen LogP contribution in [0.5, 0.6) is 0 Å². The first-order valence-corrected chi connectivity index (χ1v) is 14.0. The first-order chi connectivity index (χ1) is 16.5. The number of hydrogen-bond donors (Lipinski definition) is 0. The van der Waals surface area contributed by atoms with Gasteiger partial charge >= 0.3 is 11.9 Å². The van der Waals surface area contributed by atoms with Crippen molar-refractivity contribution in [1.29, 1.82) is 0 Å². The largest absolute Gasteiger partial charge is 0.422 e. The molecule has 0 amide bonds. The summed E-state index contributed by atoms with van der Waals surface area (Å²) < 4.78 is 17.9. The molecular weight excluding hydrogens is 456 g/mol. The van der Waals surface area contributed by atoms with Gasteiger partial charge in [-0.1, -0.05) is 88.0 Å². The van der Waals surface area contributed by atoms with Gasteiger partial charge in [-0.2, -0.15) is 0 Å². The normalized spacial score (nSPS) is 17.2. The SMILES string of the molecule is C=C=CCC(CCC1C(=O)OC(C)(C)OC1=O)O[Si](c1ccccc1)(c1ccccc1)C(C)(C)C. The van der Waals surface area contributed by atoms with Crippen LogP contribution in [0.1, 0.15) is 53.9 Å². The lowest BCUT2D eigenvalue weighted by Gasteiger charge is -2.45. The molecule has 1 saturated heterocycles. The fourth-order valence-corrected chi connectivity index (χ4v) is 9.44. The minimum atomic E-state index is -2.81. The molecule has 0 aliphatic carbocycles. The van der Waals surface area contributed by atoms with Crippen LogP contribution in [-0.4, -0.2) is 32.1 Å². The van der Waals surface area contributed by atoms with Crippen LogP contribution in [0.3, 0.4) is 0 Å². The van der Waals surface area contributed by atoms with E-state index in [1.165, 1.54) is 10.4 Å². The van der Waals surface area contributed by atoms with Crippen molar-refractivity contribution in [3.63, 3.8) is 0 Å². The third-order valence-corrected chi connectivity index (χ3v) is 11.4. The number of carbonyl (C=O) groups excluding carboxylic acids is 2. The number of carbonyl (C=O) groups is 2. The van der Waals surface area contributed by atoms with E-state index in [4.69, 9.17) is 13.9 Å². The predicted molar refractivity (Wildman–Crippen MR) is 140 cm³/mol. The molecule has 2 aromatic carbocycles. The molecule has 1 fully saturated rings.